The summed E-state index contributed by atoms with van der Waals surface area (Å²) in [6, 6.07) is 0. The van der Waals surface area contributed by atoms with E-state index >= 15 is 0 Å². The summed E-state index contributed by atoms with van der Waals surface area (Å²) in [6.45, 7) is 4.27. The third-order valence-electron chi connectivity index (χ3n) is 3.59. The van der Waals surface area contributed by atoms with Gasteiger partial charge >= 0.3 is 0 Å². The van der Waals surface area contributed by atoms with Gasteiger partial charge in [-0.25, -0.2) is 9.50 Å². The summed E-state index contributed by atoms with van der Waals surface area (Å²) in [4.78, 5) is 9.08. The standard InChI is InChI=1S/C12H19N5O/c1-8-10(2-5-13)17-12(14-8)15-11(16-17)9-3-6-18-7-4-9/h9H,2-7,13H2,1H3,(H,14,15,16). The quantitative estimate of drug-likeness (QED) is 0.841. The van der Waals surface area contributed by atoms with Crippen LogP contribution in [0.1, 0.15) is 36.0 Å². The number of nitrogens with zero attached hydrogens (tertiary/aromatic N) is 3. The summed E-state index contributed by atoms with van der Waals surface area (Å²) in [7, 11) is 0. The monoisotopic (exact) mass is 249 g/mol. The van der Waals surface area contributed by atoms with E-state index in [1.807, 2.05) is 11.4 Å². The van der Waals surface area contributed by atoms with Crippen molar-refractivity contribution >= 4 is 5.78 Å². The largest absolute Gasteiger partial charge is 0.381 e. The van der Waals surface area contributed by atoms with Gasteiger partial charge in [0.1, 0.15) is 5.82 Å². The fraction of sp³-hybridized carbons (Fsp3) is 0.667. The molecule has 2 aromatic rings. The van der Waals surface area contributed by atoms with Crippen molar-refractivity contribution in [2.75, 3.05) is 19.8 Å². The Bertz CT molecular complexity index is 538. The lowest BCUT2D eigenvalue weighted by Gasteiger charge is -2.19. The van der Waals surface area contributed by atoms with Crippen molar-refractivity contribution < 1.29 is 4.74 Å². The zero-order valence-electron chi connectivity index (χ0n) is 10.6. The molecule has 6 heteroatoms. The highest BCUT2D eigenvalue weighted by Gasteiger charge is 2.21. The van der Waals surface area contributed by atoms with Gasteiger partial charge in [-0.3, -0.25) is 5.10 Å². The molecule has 0 atom stereocenters. The van der Waals surface area contributed by atoms with Crippen LogP contribution in [0.2, 0.25) is 0 Å². The molecular formula is C12H19N5O. The Hall–Kier alpha value is -1.40. The van der Waals surface area contributed by atoms with Crippen molar-refractivity contribution in [3.63, 3.8) is 0 Å². The molecule has 3 N–H and O–H groups in total. The van der Waals surface area contributed by atoms with Gasteiger partial charge in [-0.2, -0.15) is 4.98 Å². The molecule has 0 saturated carbocycles. The van der Waals surface area contributed by atoms with Gasteiger partial charge in [0.05, 0.1) is 11.4 Å². The van der Waals surface area contributed by atoms with Gasteiger partial charge in [-0.1, -0.05) is 0 Å². The van der Waals surface area contributed by atoms with Crippen LogP contribution in [0.15, 0.2) is 0 Å². The second-order valence-corrected chi connectivity index (χ2v) is 4.81. The predicted octanol–water partition coefficient (Wildman–Crippen LogP) is 0.761. The summed E-state index contributed by atoms with van der Waals surface area (Å²) in [6.07, 6.45) is 2.88. The molecule has 0 aromatic carbocycles. The van der Waals surface area contributed by atoms with E-state index in [1.165, 1.54) is 0 Å². The number of rotatable bonds is 3. The smallest absolute Gasteiger partial charge is 0.251 e. The van der Waals surface area contributed by atoms with Crippen molar-refractivity contribution in [1.29, 1.82) is 0 Å². The SMILES string of the molecule is Cc1nc2nc(C3CCOCC3)[nH]n2c1CCN. The normalized spacial score (nSPS) is 17.7. The van der Waals surface area contributed by atoms with Gasteiger partial charge in [0.2, 0.25) is 0 Å². The Morgan fingerprint density at radius 1 is 1.39 bits per heavy atom. The van der Waals surface area contributed by atoms with Crippen LogP contribution < -0.4 is 5.73 Å². The first kappa shape index (κ1) is 11.7. The molecule has 1 fully saturated rings. The minimum absolute atomic E-state index is 0.464. The molecule has 1 aliphatic rings. The highest BCUT2D eigenvalue weighted by molar-refractivity contribution is 5.35. The zero-order chi connectivity index (χ0) is 12.5. The van der Waals surface area contributed by atoms with Crippen LogP contribution in [-0.4, -0.2) is 39.3 Å². The van der Waals surface area contributed by atoms with Gasteiger partial charge in [0.25, 0.3) is 5.78 Å². The number of fused-ring (bicyclic) bond motifs is 1. The molecule has 18 heavy (non-hydrogen) atoms. The van der Waals surface area contributed by atoms with Crippen LogP contribution in [0.3, 0.4) is 0 Å². The number of aromatic amines is 1. The first-order chi connectivity index (χ1) is 8.79. The van der Waals surface area contributed by atoms with Crippen LogP contribution in [0.25, 0.3) is 5.78 Å². The van der Waals surface area contributed by atoms with Gasteiger partial charge < -0.3 is 10.5 Å². The second kappa shape index (κ2) is 4.70. The Morgan fingerprint density at radius 3 is 2.89 bits per heavy atom. The lowest BCUT2D eigenvalue weighted by atomic mass is 10.00. The Morgan fingerprint density at radius 2 is 2.17 bits per heavy atom. The minimum atomic E-state index is 0.464. The summed E-state index contributed by atoms with van der Waals surface area (Å²) in [5.74, 6) is 2.25. The third-order valence-corrected chi connectivity index (χ3v) is 3.59. The first-order valence-corrected chi connectivity index (χ1v) is 6.51. The van der Waals surface area contributed by atoms with E-state index < -0.39 is 0 Å². The van der Waals surface area contributed by atoms with Crippen LogP contribution >= 0.6 is 0 Å². The number of hydrogen-bond donors (Lipinski definition) is 2. The van der Waals surface area contributed by atoms with Crippen molar-refractivity contribution in [3.05, 3.63) is 17.2 Å². The number of H-pyrrole nitrogens is 1. The summed E-state index contributed by atoms with van der Waals surface area (Å²) in [5.41, 5.74) is 7.79. The molecule has 3 rings (SSSR count). The van der Waals surface area contributed by atoms with Gasteiger partial charge in [-0.05, 0) is 26.3 Å². The van der Waals surface area contributed by atoms with Crippen molar-refractivity contribution in [1.82, 2.24) is 19.6 Å². The average Bonchev–Trinajstić information content (AvgIpc) is 2.91. The highest BCUT2D eigenvalue weighted by Crippen LogP contribution is 2.25. The minimum Gasteiger partial charge on any atom is -0.381 e. The maximum absolute atomic E-state index is 5.64. The fourth-order valence-electron chi connectivity index (χ4n) is 2.57. The molecular weight excluding hydrogens is 230 g/mol. The fourth-order valence-corrected chi connectivity index (χ4v) is 2.57. The van der Waals surface area contributed by atoms with Crippen molar-refractivity contribution in [2.45, 2.75) is 32.1 Å². The second-order valence-electron chi connectivity index (χ2n) is 4.81. The van der Waals surface area contributed by atoms with Crippen LogP contribution in [0.5, 0.6) is 0 Å². The molecule has 0 radical (unpaired) electrons. The first-order valence-electron chi connectivity index (χ1n) is 6.51. The van der Waals surface area contributed by atoms with Gasteiger partial charge in [0, 0.05) is 25.6 Å². The third kappa shape index (κ3) is 1.91. The van der Waals surface area contributed by atoms with Gasteiger partial charge in [0.15, 0.2) is 0 Å². The highest BCUT2D eigenvalue weighted by atomic mass is 16.5. The Balaban J connectivity index is 1.95. The Kier molecular flexibility index (Phi) is 3.05. The molecule has 0 aliphatic carbocycles. The van der Waals surface area contributed by atoms with Crippen molar-refractivity contribution in [2.24, 2.45) is 5.73 Å². The van der Waals surface area contributed by atoms with Crippen LogP contribution in [0, 0.1) is 6.92 Å². The number of aryl methyl sites for hydroxylation is 1. The maximum atomic E-state index is 5.64. The maximum Gasteiger partial charge on any atom is 0.251 e. The van der Waals surface area contributed by atoms with Crippen molar-refractivity contribution in [3.8, 4) is 0 Å². The molecule has 0 spiro atoms. The molecule has 3 heterocycles. The molecule has 1 aliphatic heterocycles. The molecule has 0 amide bonds. The van der Waals surface area contributed by atoms with E-state index in [0.717, 1.165) is 55.5 Å². The van der Waals surface area contributed by atoms with E-state index in [-0.39, 0.29) is 0 Å². The molecule has 6 nitrogen and oxygen atoms in total. The number of nitrogens with two attached hydrogens (primary N) is 1. The van der Waals surface area contributed by atoms with Crippen LogP contribution in [0.4, 0.5) is 0 Å². The van der Waals surface area contributed by atoms with E-state index in [4.69, 9.17) is 10.5 Å². The lowest BCUT2D eigenvalue weighted by Crippen LogP contribution is -2.15. The van der Waals surface area contributed by atoms with Gasteiger partial charge in [-0.15, -0.1) is 0 Å². The van der Waals surface area contributed by atoms with E-state index in [1.54, 1.807) is 0 Å². The summed E-state index contributed by atoms with van der Waals surface area (Å²) >= 11 is 0. The molecule has 0 unspecified atom stereocenters. The number of hydrogen-bond acceptors (Lipinski definition) is 4. The number of ether oxygens (including phenoxy) is 1. The van der Waals surface area contributed by atoms with E-state index in [9.17, 15) is 0 Å². The molecule has 2 aromatic heterocycles. The van der Waals surface area contributed by atoms with Crippen LogP contribution in [-0.2, 0) is 11.2 Å². The predicted molar refractivity (Wildman–Crippen MR) is 67.6 cm³/mol. The summed E-state index contributed by atoms with van der Waals surface area (Å²) < 4.78 is 7.36. The summed E-state index contributed by atoms with van der Waals surface area (Å²) in [5, 5.41) is 3.37. The topological polar surface area (TPSA) is 81.2 Å². The number of aromatic nitrogens is 4. The lowest BCUT2D eigenvalue weighted by molar-refractivity contribution is 0.0836. The number of imidazole rings is 1. The zero-order valence-corrected chi connectivity index (χ0v) is 10.6. The average molecular weight is 249 g/mol. The van der Waals surface area contributed by atoms with E-state index in [2.05, 4.69) is 15.1 Å². The number of nitrogens with one attached hydrogen (secondary N) is 1. The Labute approximate surface area is 106 Å². The molecule has 1 saturated heterocycles. The molecule has 0 bridgehead atoms. The van der Waals surface area contributed by atoms with E-state index in [0.29, 0.717) is 12.5 Å². The molecule has 98 valence electrons.